The first-order chi connectivity index (χ1) is 7.61. The fraction of sp³-hybridized carbons (Fsp3) is 0.333. The lowest BCUT2D eigenvalue weighted by Crippen LogP contribution is -2.15. The van der Waals surface area contributed by atoms with E-state index in [1.807, 2.05) is 0 Å². The van der Waals surface area contributed by atoms with Crippen LogP contribution in [-0.4, -0.2) is 11.6 Å². The van der Waals surface area contributed by atoms with E-state index in [2.05, 4.69) is 0 Å². The molecule has 0 aromatic heterocycles. The molecule has 0 saturated carbocycles. The van der Waals surface area contributed by atoms with E-state index >= 15 is 0 Å². The number of rotatable bonds is 0. The number of fused-ring (bicyclic) bond motifs is 1. The first kappa shape index (κ1) is 11.1. The number of anilines is 1. The number of carbonyl (C=O) groups is 2. The molecule has 1 aliphatic rings. The minimum Gasteiger partial charge on any atom is -0.398 e. The lowest BCUT2D eigenvalue weighted by molar-refractivity contribution is 0.0929. The molecule has 0 atom stereocenters. The van der Waals surface area contributed by atoms with Crippen molar-refractivity contribution < 1.29 is 9.59 Å². The molecule has 84 valence electrons. The standard InChI is InChI=1S/C12H12ClNO2/c13-7-5-6-8(14)12-10(16)4-2-1-3-9(15)11(7)12/h5-6H,1-4,14H2. The molecule has 1 aliphatic carbocycles. The summed E-state index contributed by atoms with van der Waals surface area (Å²) in [4.78, 5) is 23.8. The minimum absolute atomic E-state index is 0.0805. The van der Waals surface area contributed by atoms with Crippen LogP contribution >= 0.6 is 11.6 Å². The van der Waals surface area contributed by atoms with Crippen LogP contribution in [0.2, 0.25) is 5.02 Å². The molecule has 0 aliphatic heterocycles. The molecule has 16 heavy (non-hydrogen) atoms. The Kier molecular flexibility index (Phi) is 2.97. The van der Waals surface area contributed by atoms with Crippen molar-refractivity contribution >= 4 is 28.9 Å². The summed E-state index contributed by atoms with van der Waals surface area (Å²) >= 11 is 5.97. The fourth-order valence-corrected chi connectivity index (χ4v) is 2.25. The van der Waals surface area contributed by atoms with Crippen LogP contribution in [0.25, 0.3) is 0 Å². The van der Waals surface area contributed by atoms with Crippen molar-refractivity contribution in [1.82, 2.24) is 0 Å². The van der Waals surface area contributed by atoms with Crippen molar-refractivity contribution in [2.45, 2.75) is 25.7 Å². The highest BCUT2D eigenvalue weighted by atomic mass is 35.5. The summed E-state index contributed by atoms with van der Waals surface area (Å²) in [5, 5.41) is 0.324. The van der Waals surface area contributed by atoms with Gasteiger partial charge in [-0.2, -0.15) is 0 Å². The average Bonchev–Trinajstić information content (AvgIpc) is 2.24. The van der Waals surface area contributed by atoms with E-state index in [-0.39, 0.29) is 11.6 Å². The maximum Gasteiger partial charge on any atom is 0.165 e. The van der Waals surface area contributed by atoms with Crippen LogP contribution in [0.4, 0.5) is 5.69 Å². The van der Waals surface area contributed by atoms with Crippen LogP contribution in [-0.2, 0) is 0 Å². The molecular weight excluding hydrogens is 226 g/mol. The van der Waals surface area contributed by atoms with Crippen molar-refractivity contribution in [1.29, 1.82) is 0 Å². The Bertz CT molecular complexity index is 425. The molecule has 1 aromatic rings. The van der Waals surface area contributed by atoms with Crippen LogP contribution in [0.5, 0.6) is 0 Å². The number of hydrogen-bond donors (Lipinski definition) is 1. The highest BCUT2D eigenvalue weighted by Gasteiger charge is 2.24. The van der Waals surface area contributed by atoms with E-state index in [9.17, 15) is 9.59 Å². The summed E-state index contributed by atoms with van der Waals surface area (Å²) in [5.41, 5.74) is 6.73. The molecule has 2 rings (SSSR count). The van der Waals surface area contributed by atoms with Gasteiger partial charge in [0.15, 0.2) is 11.6 Å². The number of halogens is 1. The number of benzene rings is 1. The van der Waals surface area contributed by atoms with E-state index in [0.29, 0.717) is 34.7 Å². The topological polar surface area (TPSA) is 60.2 Å². The number of Topliss-reactive ketones (excluding diaryl/α,β-unsaturated/α-hetero) is 2. The monoisotopic (exact) mass is 237 g/mol. The number of nitrogens with two attached hydrogens (primary N) is 1. The van der Waals surface area contributed by atoms with Crippen molar-refractivity contribution in [3.8, 4) is 0 Å². The second-order valence-electron chi connectivity index (χ2n) is 3.94. The Morgan fingerprint density at radius 1 is 1.00 bits per heavy atom. The molecule has 0 heterocycles. The summed E-state index contributed by atoms with van der Waals surface area (Å²) < 4.78 is 0. The maximum atomic E-state index is 11.9. The quantitative estimate of drug-likeness (QED) is 0.706. The van der Waals surface area contributed by atoms with Crippen molar-refractivity contribution in [3.05, 3.63) is 28.3 Å². The number of hydrogen-bond acceptors (Lipinski definition) is 3. The van der Waals surface area contributed by atoms with E-state index in [1.54, 1.807) is 12.1 Å². The SMILES string of the molecule is Nc1ccc(Cl)c2c1C(=O)CCCCC2=O. The smallest absolute Gasteiger partial charge is 0.165 e. The molecule has 0 unspecified atom stereocenters. The largest absolute Gasteiger partial charge is 0.398 e. The first-order valence-electron chi connectivity index (χ1n) is 5.25. The predicted molar refractivity (Wildman–Crippen MR) is 63.0 cm³/mol. The van der Waals surface area contributed by atoms with Gasteiger partial charge in [0.25, 0.3) is 0 Å². The molecule has 3 nitrogen and oxygen atoms in total. The second kappa shape index (κ2) is 4.26. The first-order valence-corrected chi connectivity index (χ1v) is 5.63. The highest BCUT2D eigenvalue weighted by molar-refractivity contribution is 6.35. The van der Waals surface area contributed by atoms with Gasteiger partial charge in [0.2, 0.25) is 0 Å². The van der Waals surface area contributed by atoms with Gasteiger partial charge in [0.1, 0.15) is 0 Å². The summed E-state index contributed by atoms with van der Waals surface area (Å²) in [6.45, 7) is 0. The van der Waals surface area contributed by atoms with Crippen LogP contribution in [0.1, 0.15) is 46.4 Å². The molecule has 0 spiro atoms. The molecule has 0 amide bonds. The summed E-state index contributed by atoms with van der Waals surface area (Å²) in [6.07, 6.45) is 2.33. The van der Waals surface area contributed by atoms with Gasteiger partial charge in [-0.15, -0.1) is 0 Å². The number of carbonyl (C=O) groups excluding carboxylic acids is 2. The van der Waals surface area contributed by atoms with E-state index < -0.39 is 0 Å². The zero-order valence-corrected chi connectivity index (χ0v) is 9.51. The summed E-state index contributed by atoms with van der Waals surface area (Å²) in [6, 6.07) is 3.15. The Labute approximate surface area is 98.6 Å². The van der Waals surface area contributed by atoms with Crippen LogP contribution in [0, 0.1) is 0 Å². The molecule has 4 heteroatoms. The number of nitrogen functional groups attached to an aromatic ring is 1. The Hall–Kier alpha value is -1.35. The molecule has 1 aromatic carbocycles. The zero-order chi connectivity index (χ0) is 11.7. The molecule has 0 radical (unpaired) electrons. The van der Waals surface area contributed by atoms with Gasteiger partial charge in [-0.05, 0) is 25.0 Å². The molecule has 0 bridgehead atoms. The van der Waals surface area contributed by atoms with Gasteiger partial charge in [0.05, 0.1) is 10.6 Å². The average molecular weight is 238 g/mol. The Balaban J connectivity index is 2.67. The third-order valence-electron chi connectivity index (χ3n) is 2.80. The van der Waals surface area contributed by atoms with Crippen LogP contribution in [0.3, 0.4) is 0 Å². The zero-order valence-electron chi connectivity index (χ0n) is 8.75. The Morgan fingerprint density at radius 2 is 1.56 bits per heavy atom. The van der Waals surface area contributed by atoms with Gasteiger partial charge in [-0.3, -0.25) is 9.59 Å². The van der Waals surface area contributed by atoms with Gasteiger partial charge in [0, 0.05) is 24.1 Å². The van der Waals surface area contributed by atoms with E-state index in [1.165, 1.54) is 0 Å². The lowest BCUT2D eigenvalue weighted by atomic mass is 9.90. The van der Waals surface area contributed by atoms with Crippen molar-refractivity contribution in [2.75, 3.05) is 5.73 Å². The fourth-order valence-electron chi connectivity index (χ4n) is 1.99. The third kappa shape index (κ3) is 1.83. The maximum absolute atomic E-state index is 11.9. The van der Waals surface area contributed by atoms with Gasteiger partial charge < -0.3 is 5.73 Å². The Morgan fingerprint density at radius 3 is 2.19 bits per heavy atom. The van der Waals surface area contributed by atoms with Gasteiger partial charge >= 0.3 is 0 Å². The lowest BCUT2D eigenvalue weighted by Gasteiger charge is -2.15. The van der Waals surface area contributed by atoms with Crippen LogP contribution in [0.15, 0.2) is 12.1 Å². The second-order valence-corrected chi connectivity index (χ2v) is 4.35. The van der Waals surface area contributed by atoms with E-state index in [4.69, 9.17) is 17.3 Å². The third-order valence-corrected chi connectivity index (χ3v) is 3.12. The molecule has 0 saturated heterocycles. The van der Waals surface area contributed by atoms with Crippen molar-refractivity contribution in [2.24, 2.45) is 0 Å². The minimum atomic E-state index is -0.0830. The molecule has 0 fully saturated rings. The summed E-state index contributed by atoms with van der Waals surface area (Å²) in [5.74, 6) is -0.164. The number of ketones is 2. The molecular formula is C12H12ClNO2. The highest BCUT2D eigenvalue weighted by Crippen LogP contribution is 2.30. The summed E-state index contributed by atoms with van der Waals surface area (Å²) in [7, 11) is 0. The van der Waals surface area contributed by atoms with E-state index in [0.717, 1.165) is 12.8 Å². The van der Waals surface area contributed by atoms with Gasteiger partial charge in [-0.25, -0.2) is 0 Å². The van der Waals surface area contributed by atoms with Crippen molar-refractivity contribution in [3.63, 3.8) is 0 Å². The van der Waals surface area contributed by atoms with Gasteiger partial charge in [-0.1, -0.05) is 11.6 Å². The normalized spacial score (nSPS) is 16.6. The predicted octanol–water partition coefficient (Wildman–Crippen LogP) is 2.86. The molecule has 2 N–H and O–H groups in total. The van der Waals surface area contributed by atoms with Crippen LogP contribution < -0.4 is 5.73 Å².